The molecule has 0 aliphatic rings. The number of ether oxygens (including phenoxy) is 1. The molecule has 6 heteroatoms. The molecule has 0 aromatic carbocycles. The summed E-state index contributed by atoms with van der Waals surface area (Å²) in [5.41, 5.74) is 0. The average Bonchev–Trinajstić information content (AvgIpc) is 1.94. The number of aliphatic carboxylic acids is 1. The van der Waals surface area contributed by atoms with Crippen molar-refractivity contribution in [2.75, 3.05) is 13.2 Å². The van der Waals surface area contributed by atoms with Crippen LogP contribution < -0.4 is 0 Å². The molecule has 14 heavy (non-hydrogen) atoms. The summed E-state index contributed by atoms with van der Waals surface area (Å²) in [5, 5.41) is 8.27. The Balaban J connectivity index is 4.07. The van der Waals surface area contributed by atoms with Gasteiger partial charge in [0, 0.05) is 6.61 Å². The smallest absolute Gasteiger partial charge is 0.404 e. The Morgan fingerprint density at radius 2 is 1.86 bits per heavy atom. The third kappa shape index (κ3) is 5.06. The molecule has 1 atom stereocenters. The van der Waals surface area contributed by atoms with Gasteiger partial charge in [0.15, 0.2) is 5.92 Å². The second kappa shape index (κ2) is 5.19. The van der Waals surface area contributed by atoms with Crippen molar-refractivity contribution in [2.24, 2.45) is 11.8 Å². The van der Waals surface area contributed by atoms with Crippen molar-refractivity contribution in [3.8, 4) is 0 Å². The number of carbonyl (C=O) groups is 1. The maximum Gasteiger partial charge on any atom is 0.404 e. The second-order valence-corrected chi connectivity index (χ2v) is 3.36. The molecule has 84 valence electrons. The Morgan fingerprint density at radius 3 is 2.14 bits per heavy atom. The van der Waals surface area contributed by atoms with Gasteiger partial charge in [0.25, 0.3) is 0 Å². The topological polar surface area (TPSA) is 46.5 Å². The van der Waals surface area contributed by atoms with E-state index in [0.29, 0.717) is 0 Å². The van der Waals surface area contributed by atoms with Gasteiger partial charge in [-0.05, 0) is 5.92 Å². The first-order valence-corrected chi connectivity index (χ1v) is 4.12. The number of alkyl halides is 3. The molecule has 0 heterocycles. The van der Waals surface area contributed by atoms with Crippen molar-refractivity contribution in [3.05, 3.63) is 0 Å². The zero-order chi connectivity index (χ0) is 11.4. The average molecular weight is 214 g/mol. The zero-order valence-corrected chi connectivity index (χ0v) is 7.97. The van der Waals surface area contributed by atoms with Gasteiger partial charge in [-0.3, -0.25) is 4.79 Å². The van der Waals surface area contributed by atoms with E-state index >= 15 is 0 Å². The molecule has 0 spiro atoms. The van der Waals surface area contributed by atoms with Crippen LogP contribution in [0.15, 0.2) is 0 Å². The third-order valence-corrected chi connectivity index (χ3v) is 1.43. The monoisotopic (exact) mass is 214 g/mol. The van der Waals surface area contributed by atoms with Crippen LogP contribution in [-0.4, -0.2) is 30.5 Å². The number of halogens is 3. The molecule has 3 nitrogen and oxygen atoms in total. The fourth-order valence-corrected chi connectivity index (χ4v) is 0.727. The molecule has 0 fully saturated rings. The molecule has 0 aliphatic heterocycles. The van der Waals surface area contributed by atoms with Gasteiger partial charge in [-0.1, -0.05) is 13.8 Å². The number of carboxylic acids is 1. The quantitative estimate of drug-likeness (QED) is 0.760. The van der Waals surface area contributed by atoms with E-state index < -0.39 is 24.7 Å². The van der Waals surface area contributed by atoms with Crippen LogP contribution in [0.2, 0.25) is 0 Å². The van der Waals surface area contributed by atoms with Gasteiger partial charge in [-0.15, -0.1) is 0 Å². The predicted molar refractivity (Wildman–Crippen MR) is 42.8 cm³/mol. The van der Waals surface area contributed by atoms with E-state index in [1.807, 2.05) is 0 Å². The summed E-state index contributed by atoms with van der Waals surface area (Å²) in [6.45, 7) is 2.84. The van der Waals surface area contributed by atoms with Crippen molar-refractivity contribution < 1.29 is 27.8 Å². The highest BCUT2D eigenvalue weighted by molar-refractivity contribution is 5.71. The zero-order valence-electron chi connectivity index (χ0n) is 7.97. The summed E-state index contributed by atoms with van der Waals surface area (Å²) in [4.78, 5) is 10.2. The fraction of sp³-hybridized carbons (Fsp3) is 0.875. The maximum absolute atomic E-state index is 12.0. The minimum absolute atomic E-state index is 0.0812. The summed E-state index contributed by atoms with van der Waals surface area (Å²) in [6, 6.07) is 0. The molecule has 0 amide bonds. The summed E-state index contributed by atoms with van der Waals surface area (Å²) in [7, 11) is 0. The van der Waals surface area contributed by atoms with Crippen LogP contribution in [0, 0.1) is 11.8 Å². The first kappa shape index (κ1) is 13.2. The molecule has 0 saturated carbocycles. The molecule has 0 saturated heterocycles. The number of rotatable bonds is 5. The van der Waals surface area contributed by atoms with Crippen LogP contribution in [0.3, 0.4) is 0 Å². The van der Waals surface area contributed by atoms with E-state index in [4.69, 9.17) is 5.11 Å². The van der Waals surface area contributed by atoms with E-state index in [1.165, 1.54) is 0 Å². The molecule has 0 aromatic rings. The normalized spacial score (nSPS) is 14.4. The van der Waals surface area contributed by atoms with Gasteiger partial charge in [0.2, 0.25) is 0 Å². The Bertz CT molecular complexity index is 189. The molecule has 0 aliphatic carbocycles. The van der Waals surface area contributed by atoms with Gasteiger partial charge in [-0.2, -0.15) is 13.2 Å². The highest BCUT2D eigenvalue weighted by Gasteiger charge is 2.45. The molecule has 1 N–H and O–H groups in total. The van der Waals surface area contributed by atoms with Crippen molar-refractivity contribution in [2.45, 2.75) is 20.0 Å². The Labute approximate surface area is 79.9 Å². The van der Waals surface area contributed by atoms with Crippen molar-refractivity contribution >= 4 is 5.97 Å². The highest BCUT2D eigenvalue weighted by atomic mass is 19.4. The lowest BCUT2D eigenvalue weighted by atomic mass is 10.1. The molecule has 0 aromatic heterocycles. The number of hydrogen-bond donors (Lipinski definition) is 1. The summed E-state index contributed by atoms with van der Waals surface area (Å²) in [5.74, 6) is -4.25. The summed E-state index contributed by atoms with van der Waals surface area (Å²) >= 11 is 0. The van der Waals surface area contributed by atoms with Gasteiger partial charge in [-0.25, -0.2) is 0 Å². The minimum atomic E-state index is -4.75. The van der Waals surface area contributed by atoms with Gasteiger partial charge >= 0.3 is 12.1 Å². The molecular weight excluding hydrogens is 201 g/mol. The summed E-state index contributed by atoms with van der Waals surface area (Å²) in [6.07, 6.45) is -4.75. The van der Waals surface area contributed by atoms with E-state index in [1.54, 1.807) is 13.8 Å². The van der Waals surface area contributed by atoms with Crippen LogP contribution in [0.1, 0.15) is 13.8 Å². The first-order valence-electron chi connectivity index (χ1n) is 4.12. The van der Waals surface area contributed by atoms with E-state index in [2.05, 4.69) is 4.74 Å². The summed E-state index contributed by atoms with van der Waals surface area (Å²) < 4.78 is 40.7. The molecule has 0 radical (unpaired) electrons. The van der Waals surface area contributed by atoms with Crippen LogP contribution >= 0.6 is 0 Å². The van der Waals surface area contributed by atoms with Crippen molar-refractivity contribution in [3.63, 3.8) is 0 Å². The Kier molecular flexibility index (Phi) is 4.90. The second-order valence-electron chi connectivity index (χ2n) is 3.36. The predicted octanol–water partition coefficient (Wildman–Crippen LogP) is 1.92. The molecule has 1 unspecified atom stereocenters. The standard InChI is InChI=1S/C8H13F3O3/c1-5(2)3-14-4-6(7(12)13)8(9,10)11/h5-6H,3-4H2,1-2H3,(H,12,13). The highest BCUT2D eigenvalue weighted by Crippen LogP contribution is 2.26. The van der Waals surface area contributed by atoms with Gasteiger partial charge in [0.1, 0.15) is 0 Å². The Morgan fingerprint density at radius 1 is 1.36 bits per heavy atom. The van der Waals surface area contributed by atoms with E-state index in [9.17, 15) is 18.0 Å². The number of hydrogen-bond acceptors (Lipinski definition) is 2. The van der Waals surface area contributed by atoms with Crippen molar-refractivity contribution in [1.82, 2.24) is 0 Å². The van der Waals surface area contributed by atoms with Crippen LogP contribution in [0.25, 0.3) is 0 Å². The van der Waals surface area contributed by atoms with E-state index in [0.717, 1.165) is 0 Å². The lowest BCUT2D eigenvalue weighted by Crippen LogP contribution is -2.34. The molecule has 0 rings (SSSR count). The van der Waals surface area contributed by atoms with Gasteiger partial charge < -0.3 is 9.84 Å². The van der Waals surface area contributed by atoms with Crippen LogP contribution in [0.5, 0.6) is 0 Å². The molecular formula is C8H13F3O3. The molecule has 0 bridgehead atoms. The Hall–Kier alpha value is -0.780. The maximum atomic E-state index is 12.0. The fourth-order valence-electron chi connectivity index (χ4n) is 0.727. The SMILES string of the molecule is CC(C)COCC(C(=O)O)C(F)(F)F. The first-order chi connectivity index (χ1) is 6.25. The third-order valence-electron chi connectivity index (χ3n) is 1.43. The van der Waals surface area contributed by atoms with Crippen LogP contribution in [0.4, 0.5) is 13.2 Å². The number of carboxylic acid groups (broad SMARTS) is 1. The largest absolute Gasteiger partial charge is 0.481 e. The van der Waals surface area contributed by atoms with Crippen molar-refractivity contribution in [1.29, 1.82) is 0 Å². The lowest BCUT2D eigenvalue weighted by Gasteiger charge is -2.16. The minimum Gasteiger partial charge on any atom is -0.481 e. The van der Waals surface area contributed by atoms with Gasteiger partial charge in [0.05, 0.1) is 6.61 Å². The van der Waals surface area contributed by atoms with Crippen LogP contribution in [-0.2, 0) is 9.53 Å². The lowest BCUT2D eigenvalue weighted by molar-refractivity contribution is -0.203. The van der Waals surface area contributed by atoms with E-state index in [-0.39, 0.29) is 12.5 Å².